The lowest BCUT2D eigenvalue weighted by molar-refractivity contribution is 0.475. The van der Waals surface area contributed by atoms with Crippen molar-refractivity contribution in [2.45, 2.75) is 6.92 Å². The molecule has 1 aromatic carbocycles. The van der Waals surface area contributed by atoms with Crippen LogP contribution >= 0.6 is 0 Å². The van der Waals surface area contributed by atoms with E-state index in [1.54, 1.807) is 25.1 Å². The molecule has 0 fully saturated rings. The zero-order chi connectivity index (χ0) is 10.1. The molecule has 0 bridgehead atoms. The van der Waals surface area contributed by atoms with Crippen LogP contribution in [0.5, 0.6) is 5.75 Å². The Morgan fingerprint density at radius 3 is 2.79 bits per heavy atom. The number of phenols is 1. The molecule has 3 N–H and O–H groups in total. The number of aromatic nitrogens is 1. The monoisotopic (exact) mass is 190 g/mol. The van der Waals surface area contributed by atoms with Gasteiger partial charge in [-0.05, 0) is 19.1 Å². The third kappa shape index (κ3) is 1.42. The Balaban J connectivity index is 2.54. The van der Waals surface area contributed by atoms with Crippen molar-refractivity contribution in [2.75, 3.05) is 5.73 Å². The molecular weight excluding hydrogens is 180 g/mol. The Morgan fingerprint density at radius 2 is 2.21 bits per heavy atom. The molecule has 4 heteroatoms. The Kier molecular flexibility index (Phi) is 1.89. The fraction of sp³-hybridized carbons (Fsp3) is 0.100. The van der Waals surface area contributed by atoms with Crippen molar-refractivity contribution in [3.63, 3.8) is 0 Å². The summed E-state index contributed by atoms with van der Waals surface area (Å²) in [5, 5.41) is 9.28. The highest BCUT2D eigenvalue weighted by atomic mass is 16.4. The third-order valence-electron chi connectivity index (χ3n) is 1.93. The first-order chi connectivity index (χ1) is 6.66. The van der Waals surface area contributed by atoms with E-state index in [2.05, 4.69) is 4.98 Å². The summed E-state index contributed by atoms with van der Waals surface area (Å²) in [6.45, 7) is 1.78. The number of hydrogen-bond donors (Lipinski definition) is 2. The van der Waals surface area contributed by atoms with Crippen LogP contribution in [0, 0.1) is 6.92 Å². The highest BCUT2D eigenvalue weighted by Gasteiger charge is 2.09. The summed E-state index contributed by atoms with van der Waals surface area (Å²) in [7, 11) is 0. The normalized spacial score (nSPS) is 10.4. The van der Waals surface area contributed by atoms with E-state index in [0.29, 0.717) is 11.5 Å². The number of nitrogens with two attached hydrogens (primary N) is 1. The first-order valence-corrected chi connectivity index (χ1v) is 4.19. The molecule has 0 aliphatic heterocycles. The molecule has 0 amide bonds. The topological polar surface area (TPSA) is 72.3 Å². The molecule has 0 aliphatic rings. The Labute approximate surface area is 81.0 Å². The fourth-order valence-corrected chi connectivity index (χ4v) is 1.34. The van der Waals surface area contributed by atoms with Crippen LogP contribution in [-0.2, 0) is 0 Å². The van der Waals surface area contributed by atoms with Crippen molar-refractivity contribution in [1.29, 1.82) is 0 Å². The average molecular weight is 190 g/mol. The van der Waals surface area contributed by atoms with Gasteiger partial charge in [0.1, 0.15) is 17.2 Å². The average Bonchev–Trinajstić information content (AvgIpc) is 2.45. The van der Waals surface area contributed by atoms with Gasteiger partial charge in [0.05, 0.1) is 0 Å². The van der Waals surface area contributed by atoms with Gasteiger partial charge in [0.15, 0.2) is 0 Å². The standard InChI is InChI=1S/C10H10N2O2/c1-6-9(12-10(11)14-6)7-3-2-4-8(13)5-7/h2-5,13H,1H3,(H2,11,12). The van der Waals surface area contributed by atoms with E-state index in [1.807, 2.05) is 6.07 Å². The van der Waals surface area contributed by atoms with Crippen molar-refractivity contribution in [3.8, 4) is 17.0 Å². The van der Waals surface area contributed by atoms with Crippen LogP contribution in [0.2, 0.25) is 0 Å². The SMILES string of the molecule is Cc1oc(N)nc1-c1cccc(O)c1. The van der Waals surface area contributed by atoms with Gasteiger partial charge in [0.25, 0.3) is 6.01 Å². The van der Waals surface area contributed by atoms with E-state index in [0.717, 1.165) is 5.56 Å². The van der Waals surface area contributed by atoms with Crippen molar-refractivity contribution < 1.29 is 9.52 Å². The second-order valence-corrected chi connectivity index (χ2v) is 3.01. The van der Waals surface area contributed by atoms with Crippen molar-refractivity contribution in [3.05, 3.63) is 30.0 Å². The number of nitrogens with zero attached hydrogens (tertiary/aromatic N) is 1. The minimum atomic E-state index is 0.140. The van der Waals surface area contributed by atoms with Gasteiger partial charge in [0.2, 0.25) is 0 Å². The van der Waals surface area contributed by atoms with Crippen LogP contribution in [-0.4, -0.2) is 10.1 Å². The highest BCUT2D eigenvalue weighted by Crippen LogP contribution is 2.26. The maximum Gasteiger partial charge on any atom is 0.292 e. The summed E-state index contributed by atoms with van der Waals surface area (Å²) in [5.41, 5.74) is 6.87. The molecule has 0 radical (unpaired) electrons. The zero-order valence-corrected chi connectivity index (χ0v) is 7.69. The van der Waals surface area contributed by atoms with Crippen LogP contribution in [0.15, 0.2) is 28.7 Å². The lowest BCUT2D eigenvalue weighted by Gasteiger charge is -1.97. The molecule has 72 valence electrons. The molecule has 1 aromatic heterocycles. The van der Waals surface area contributed by atoms with E-state index in [1.165, 1.54) is 0 Å². The molecule has 4 nitrogen and oxygen atoms in total. The Hall–Kier alpha value is -1.97. The van der Waals surface area contributed by atoms with Gasteiger partial charge in [-0.3, -0.25) is 0 Å². The van der Waals surface area contributed by atoms with E-state index in [-0.39, 0.29) is 11.8 Å². The van der Waals surface area contributed by atoms with Crippen LogP contribution in [0.1, 0.15) is 5.76 Å². The van der Waals surface area contributed by atoms with Crippen LogP contribution in [0.4, 0.5) is 6.01 Å². The number of phenolic OH excluding ortho intramolecular Hbond substituents is 1. The van der Waals surface area contributed by atoms with Gasteiger partial charge in [-0.15, -0.1) is 0 Å². The second-order valence-electron chi connectivity index (χ2n) is 3.01. The van der Waals surface area contributed by atoms with Gasteiger partial charge in [0, 0.05) is 5.56 Å². The number of aryl methyl sites for hydroxylation is 1. The maximum atomic E-state index is 9.28. The molecule has 0 atom stereocenters. The highest BCUT2D eigenvalue weighted by molar-refractivity contribution is 5.63. The number of aromatic hydroxyl groups is 1. The van der Waals surface area contributed by atoms with Crippen molar-refractivity contribution in [1.82, 2.24) is 4.98 Å². The molecular formula is C10H10N2O2. The summed E-state index contributed by atoms with van der Waals surface area (Å²) in [6, 6.07) is 6.94. The molecule has 0 saturated carbocycles. The van der Waals surface area contributed by atoms with E-state index in [4.69, 9.17) is 10.2 Å². The number of hydrogen-bond acceptors (Lipinski definition) is 4. The minimum Gasteiger partial charge on any atom is -0.508 e. The number of rotatable bonds is 1. The summed E-state index contributed by atoms with van der Waals surface area (Å²) < 4.78 is 5.09. The Bertz CT molecular complexity index is 463. The Morgan fingerprint density at radius 1 is 1.43 bits per heavy atom. The number of anilines is 1. The van der Waals surface area contributed by atoms with Crippen LogP contribution < -0.4 is 5.73 Å². The summed E-state index contributed by atoms with van der Waals surface area (Å²) in [5.74, 6) is 0.844. The van der Waals surface area contributed by atoms with Gasteiger partial charge in [-0.25, -0.2) is 0 Å². The molecule has 0 spiro atoms. The van der Waals surface area contributed by atoms with Crippen LogP contribution in [0.3, 0.4) is 0 Å². The fourth-order valence-electron chi connectivity index (χ4n) is 1.34. The number of benzene rings is 1. The molecule has 0 unspecified atom stereocenters. The van der Waals surface area contributed by atoms with Crippen LogP contribution in [0.25, 0.3) is 11.3 Å². The smallest absolute Gasteiger partial charge is 0.292 e. The molecule has 14 heavy (non-hydrogen) atoms. The predicted molar refractivity (Wildman–Crippen MR) is 52.8 cm³/mol. The molecule has 0 saturated heterocycles. The summed E-state index contributed by atoms with van der Waals surface area (Å²) in [6.07, 6.45) is 0. The molecule has 0 aliphatic carbocycles. The lowest BCUT2D eigenvalue weighted by atomic mass is 10.1. The predicted octanol–water partition coefficient (Wildman–Crippen LogP) is 1.94. The number of nitrogen functional groups attached to an aromatic ring is 1. The van der Waals surface area contributed by atoms with Gasteiger partial charge < -0.3 is 15.3 Å². The first-order valence-electron chi connectivity index (χ1n) is 4.19. The van der Waals surface area contributed by atoms with Crippen molar-refractivity contribution >= 4 is 6.01 Å². The number of oxazole rings is 1. The third-order valence-corrected chi connectivity index (χ3v) is 1.93. The van der Waals surface area contributed by atoms with E-state index in [9.17, 15) is 5.11 Å². The molecule has 1 heterocycles. The summed E-state index contributed by atoms with van der Waals surface area (Å²) in [4.78, 5) is 4.02. The van der Waals surface area contributed by atoms with Gasteiger partial charge >= 0.3 is 0 Å². The minimum absolute atomic E-state index is 0.140. The largest absolute Gasteiger partial charge is 0.508 e. The lowest BCUT2D eigenvalue weighted by Crippen LogP contribution is -1.83. The first kappa shape index (κ1) is 8.62. The quantitative estimate of drug-likeness (QED) is 0.720. The van der Waals surface area contributed by atoms with E-state index >= 15 is 0 Å². The van der Waals surface area contributed by atoms with Crippen molar-refractivity contribution in [2.24, 2.45) is 0 Å². The molecule has 2 rings (SSSR count). The second kappa shape index (κ2) is 3.06. The summed E-state index contributed by atoms with van der Waals surface area (Å²) >= 11 is 0. The van der Waals surface area contributed by atoms with Gasteiger partial charge in [-0.2, -0.15) is 4.98 Å². The maximum absolute atomic E-state index is 9.28. The zero-order valence-electron chi connectivity index (χ0n) is 7.69. The van der Waals surface area contributed by atoms with E-state index < -0.39 is 0 Å². The molecule has 2 aromatic rings. The van der Waals surface area contributed by atoms with Gasteiger partial charge in [-0.1, -0.05) is 12.1 Å².